The van der Waals surface area contributed by atoms with Gasteiger partial charge in [-0.25, -0.2) is 9.37 Å². The molecule has 7 heteroatoms. The third kappa shape index (κ3) is 3.11. The van der Waals surface area contributed by atoms with Crippen LogP contribution in [0.1, 0.15) is 28.4 Å². The molecular formula is C21H19FN4O2. The number of pyridine rings is 1. The number of phenolic OH excluding ortho intramolecular Hbond substituents is 1. The van der Waals surface area contributed by atoms with Crippen LogP contribution in [-0.2, 0) is 6.42 Å². The Morgan fingerprint density at radius 3 is 2.71 bits per heavy atom. The Balaban J connectivity index is 1.76. The number of carbonyl (C=O) groups is 1. The monoisotopic (exact) mass is 378 g/mol. The first-order chi connectivity index (χ1) is 13.5. The van der Waals surface area contributed by atoms with E-state index < -0.39 is 5.82 Å². The highest BCUT2D eigenvalue weighted by Gasteiger charge is 2.24. The lowest BCUT2D eigenvalue weighted by atomic mass is 10.1. The summed E-state index contributed by atoms with van der Waals surface area (Å²) in [4.78, 5) is 17.2. The number of hydrogen-bond acceptors (Lipinski definition) is 5. The van der Waals surface area contributed by atoms with Crippen molar-refractivity contribution in [2.45, 2.75) is 20.3 Å². The number of phenols is 1. The highest BCUT2D eigenvalue weighted by atomic mass is 19.1. The molecule has 1 aromatic heterocycles. The Labute approximate surface area is 161 Å². The summed E-state index contributed by atoms with van der Waals surface area (Å²) in [5, 5.41) is 18.9. The summed E-state index contributed by atoms with van der Waals surface area (Å²) in [6.07, 6.45) is 2.37. The second-order valence-corrected chi connectivity index (χ2v) is 6.64. The van der Waals surface area contributed by atoms with Crippen molar-refractivity contribution in [1.29, 1.82) is 0 Å². The number of nitrogens with one attached hydrogen (secondary N) is 3. The van der Waals surface area contributed by atoms with Crippen molar-refractivity contribution in [2.24, 2.45) is 0 Å². The van der Waals surface area contributed by atoms with E-state index in [1.54, 1.807) is 13.0 Å². The molecule has 1 aliphatic rings. The molecule has 0 radical (unpaired) electrons. The molecule has 142 valence electrons. The quantitative estimate of drug-likeness (QED) is 0.523. The summed E-state index contributed by atoms with van der Waals surface area (Å²) in [6, 6.07) is 9.90. The van der Waals surface area contributed by atoms with Gasteiger partial charge in [0.1, 0.15) is 22.9 Å². The van der Waals surface area contributed by atoms with Gasteiger partial charge >= 0.3 is 0 Å². The number of aromatic hydroxyl groups is 1. The number of nitrogens with zero attached hydrogens (tertiary/aromatic N) is 1. The summed E-state index contributed by atoms with van der Waals surface area (Å²) >= 11 is 0. The van der Waals surface area contributed by atoms with Crippen LogP contribution in [0.3, 0.4) is 0 Å². The van der Waals surface area contributed by atoms with Gasteiger partial charge in [0, 0.05) is 12.3 Å². The fourth-order valence-electron chi connectivity index (χ4n) is 3.13. The first-order valence-corrected chi connectivity index (χ1v) is 8.92. The van der Waals surface area contributed by atoms with Crippen molar-refractivity contribution in [3.05, 3.63) is 65.1 Å². The number of halogens is 1. The Kier molecular flexibility index (Phi) is 4.35. The average molecular weight is 378 g/mol. The van der Waals surface area contributed by atoms with Crippen LogP contribution in [-0.4, -0.2) is 16.0 Å². The van der Waals surface area contributed by atoms with E-state index in [0.717, 1.165) is 17.7 Å². The third-order valence-corrected chi connectivity index (χ3v) is 4.73. The van der Waals surface area contributed by atoms with Crippen molar-refractivity contribution in [1.82, 2.24) is 4.98 Å². The molecule has 0 bridgehead atoms. The van der Waals surface area contributed by atoms with Gasteiger partial charge in [-0.3, -0.25) is 4.79 Å². The normalized spacial score (nSPS) is 12.3. The van der Waals surface area contributed by atoms with Gasteiger partial charge in [0.05, 0.1) is 22.7 Å². The Morgan fingerprint density at radius 1 is 1.11 bits per heavy atom. The van der Waals surface area contributed by atoms with E-state index in [1.807, 2.05) is 25.1 Å². The minimum Gasteiger partial charge on any atom is -0.508 e. The molecule has 28 heavy (non-hydrogen) atoms. The van der Waals surface area contributed by atoms with Crippen LogP contribution in [0.5, 0.6) is 5.75 Å². The fraction of sp³-hybridized carbons (Fsp3) is 0.143. The number of fused-ring (bicyclic) bond motifs is 2. The van der Waals surface area contributed by atoms with Gasteiger partial charge in [0.15, 0.2) is 0 Å². The molecule has 1 amide bonds. The third-order valence-electron chi connectivity index (χ3n) is 4.73. The number of carbonyl (C=O) groups excluding carboxylic acids is 1. The molecule has 3 aromatic rings. The van der Waals surface area contributed by atoms with E-state index in [1.165, 1.54) is 18.3 Å². The summed E-state index contributed by atoms with van der Waals surface area (Å²) in [5.41, 5.74) is 3.62. The van der Waals surface area contributed by atoms with E-state index in [2.05, 4.69) is 20.9 Å². The predicted octanol–water partition coefficient (Wildman–Crippen LogP) is 4.85. The van der Waals surface area contributed by atoms with Crippen LogP contribution in [0.2, 0.25) is 0 Å². The second-order valence-electron chi connectivity index (χ2n) is 6.64. The minimum absolute atomic E-state index is 0.0360. The molecule has 0 saturated carbocycles. The highest BCUT2D eigenvalue weighted by molar-refractivity contribution is 6.15. The van der Waals surface area contributed by atoms with Crippen LogP contribution in [0.15, 0.2) is 42.6 Å². The molecule has 2 heterocycles. The molecule has 0 aliphatic carbocycles. The average Bonchev–Trinajstić information content (AvgIpc) is 2.81. The van der Waals surface area contributed by atoms with Gasteiger partial charge in [-0.15, -0.1) is 0 Å². The maximum absolute atomic E-state index is 14.3. The lowest BCUT2D eigenvalue weighted by Gasteiger charge is -2.14. The zero-order valence-corrected chi connectivity index (χ0v) is 15.4. The summed E-state index contributed by atoms with van der Waals surface area (Å²) in [7, 11) is 0. The first kappa shape index (κ1) is 17.8. The Bertz CT molecular complexity index is 1100. The predicted molar refractivity (Wildman–Crippen MR) is 107 cm³/mol. The SMILES string of the molecule is CCc1ccc2c(c1)NC(=O)c1c(Nc3cc(O)c(C)cc3F)ccnc1N2. The zero-order chi connectivity index (χ0) is 19.8. The van der Waals surface area contributed by atoms with Crippen molar-refractivity contribution >= 4 is 34.5 Å². The van der Waals surface area contributed by atoms with E-state index in [4.69, 9.17) is 0 Å². The lowest BCUT2D eigenvalue weighted by molar-refractivity contribution is 0.102. The van der Waals surface area contributed by atoms with Crippen LogP contribution < -0.4 is 16.0 Å². The van der Waals surface area contributed by atoms with E-state index in [9.17, 15) is 14.3 Å². The Hall–Kier alpha value is -3.61. The molecule has 6 nitrogen and oxygen atoms in total. The van der Waals surface area contributed by atoms with Gasteiger partial charge in [-0.2, -0.15) is 0 Å². The lowest BCUT2D eigenvalue weighted by Crippen LogP contribution is -2.14. The molecule has 0 fully saturated rings. The number of aryl methyl sites for hydroxylation is 2. The molecule has 0 unspecified atom stereocenters. The number of benzene rings is 2. The summed E-state index contributed by atoms with van der Waals surface area (Å²) < 4.78 is 14.3. The second kappa shape index (κ2) is 6.84. The number of aromatic nitrogens is 1. The maximum Gasteiger partial charge on any atom is 0.261 e. The zero-order valence-electron chi connectivity index (χ0n) is 15.4. The topological polar surface area (TPSA) is 86.3 Å². The summed E-state index contributed by atoms with van der Waals surface area (Å²) in [5.74, 6) is -0.561. The molecule has 0 atom stereocenters. The summed E-state index contributed by atoms with van der Waals surface area (Å²) in [6.45, 7) is 3.65. The van der Waals surface area contributed by atoms with Gasteiger partial charge in [0.25, 0.3) is 5.91 Å². The fourth-order valence-corrected chi connectivity index (χ4v) is 3.13. The Morgan fingerprint density at radius 2 is 1.93 bits per heavy atom. The molecule has 1 aliphatic heterocycles. The van der Waals surface area contributed by atoms with Crippen LogP contribution in [0.4, 0.5) is 33.0 Å². The first-order valence-electron chi connectivity index (χ1n) is 8.92. The van der Waals surface area contributed by atoms with E-state index in [0.29, 0.717) is 22.8 Å². The number of rotatable bonds is 3. The molecule has 0 saturated heterocycles. The smallest absolute Gasteiger partial charge is 0.261 e. The number of anilines is 5. The van der Waals surface area contributed by atoms with Gasteiger partial charge in [0.2, 0.25) is 0 Å². The molecule has 4 rings (SSSR count). The van der Waals surface area contributed by atoms with Crippen LogP contribution in [0, 0.1) is 12.7 Å². The minimum atomic E-state index is -0.529. The van der Waals surface area contributed by atoms with Crippen molar-refractivity contribution < 1.29 is 14.3 Å². The van der Waals surface area contributed by atoms with E-state index in [-0.39, 0.29) is 22.9 Å². The van der Waals surface area contributed by atoms with E-state index >= 15 is 0 Å². The van der Waals surface area contributed by atoms with Crippen LogP contribution in [0.25, 0.3) is 0 Å². The maximum atomic E-state index is 14.3. The van der Waals surface area contributed by atoms with Gasteiger partial charge in [-0.05, 0) is 48.7 Å². The van der Waals surface area contributed by atoms with Gasteiger partial charge in [-0.1, -0.05) is 13.0 Å². The van der Waals surface area contributed by atoms with Gasteiger partial charge < -0.3 is 21.1 Å². The highest BCUT2D eigenvalue weighted by Crippen LogP contribution is 2.36. The molecular weight excluding hydrogens is 359 g/mol. The number of amides is 1. The van der Waals surface area contributed by atoms with Crippen molar-refractivity contribution in [3.63, 3.8) is 0 Å². The molecule has 4 N–H and O–H groups in total. The van der Waals surface area contributed by atoms with Crippen molar-refractivity contribution in [2.75, 3.05) is 16.0 Å². The molecule has 0 spiro atoms. The number of hydrogen-bond donors (Lipinski definition) is 4. The standard InChI is InChI=1S/C21H19FN4O2/c1-3-12-4-5-14-17(9-12)26-21(28)19-15(6-7-23-20(19)25-14)24-16-10-18(27)11(2)8-13(16)22/h4-10,27H,3H2,1-2H3,(H,26,28)(H2,23,24,25). The largest absolute Gasteiger partial charge is 0.508 e. The molecule has 2 aromatic carbocycles. The van der Waals surface area contributed by atoms with Crippen LogP contribution >= 0.6 is 0 Å². The van der Waals surface area contributed by atoms with Crippen molar-refractivity contribution in [3.8, 4) is 5.75 Å².